The predicted octanol–water partition coefficient (Wildman–Crippen LogP) is 1.79. The van der Waals surface area contributed by atoms with Crippen LogP contribution in [0.25, 0.3) is 5.78 Å². The first-order valence-electron chi connectivity index (χ1n) is 8.16. The molecule has 130 valence electrons. The highest BCUT2D eigenvalue weighted by atomic mass is 16.5. The number of hydrogen-bond acceptors (Lipinski definition) is 5. The standard InChI is InChI=1S/C18H21N5O2/c1-12-5-4-6-15(9-12)25-8-7-19-17(24)10-16-13(2)22-18-20-11-21-23(18)14(16)3/h4-6,9,11H,7-8,10H2,1-3H3,(H,19,24). The molecule has 0 bridgehead atoms. The molecule has 0 atom stereocenters. The van der Waals surface area contributed by atoms with Gasteiger partial charge in [-0.05, 0) is 38.5 Å². The van der Waals surface area contributed by atoms with E-state index in [4.69, 9.17) is 4.74 Å². The third-order valence-electron chi connectivity index (χ3n) is 4.01. The SMILES string of the molecule is Cc1cccc(OCCNC(=O)Cc2c(C)nc3ncnn3c2C)c1. The molecule has 0 aliphatic heterocycles. The van der Waals surface area contributed by atoms with Gasteiger partial charge in [0.05, 0.1) is 13.0 Å². The maximum atomic E-state index is 12.2. The summed E-state index contributed by atoms with van der Waals surface area (Å²) in [4.78, 5) is 20.7. The van der Waals surface area contributed by atoms with Crippen LogP contribution in [-0.4, -0.2) is 38.6 Å². The molecule has 0 aliphatic carbocycles. The molecular weight excluding hydrogens is 318 g/mol. The van der Waals surface area contributed by atoms with Crippen LogP contribution in [0, 0.1) is 20.8 Å². The van der Waals surface area contributed by atoms with Gasteiger partial charge < -0.3 is 10.1 Å². The molecule has 0 fully saturated rings. The monoisotopic (exact) mass is 339 g/mol. The van der Waals surface area contributed by atoms with Gasteiger partial charge in [-0.1, -0.05) is 12.1 Å². The van der Waals surface area contributed by atoms with E-state index in [9.17, 15) is 4.79 Å². The zero-order chi connectivity index (χ0) is 17.8. The number of aryl methyl sites for hydroxylation is 3. The predicted molar refractivity (Wildman–Crippen MR) is 93.6 cm³/mol. The van der Waals surface area contributed by atoms with Crippen molar-refractivity contribution in [1.82, 2.24) is 24.9 Å². The van der Waals surface area contributed by atoms with Crippen LogP contribution in [0.5, 0.6) is 5.75 Å². The molecule has 1 N–H and O–H groups in total. The zero-order valence-corrected chi connectivity index (χ0v) is 14.6. The Kier molecular flexibility index (Phi) is 4.92. The van der Waals surface area contributed by atoms with Crippen molar-refractivity contribution in [3.63, 3.8) is 0 Å². The summed E-state index contributed by atoms with van der Waals surface area (Å²) in [5.74, 6) is 1.28. The molecule has 7 heteroatoms. The Morgan fingerprint density at radius 1 is 1.28 bits per heavy atom. The molecule has 3 aromatic rings. The summed E-state index contributed by atoms with van der Waals surface area (Å²) < 4.78 is 7.28. The minimum absolute atomic E-state index is 0.0692. The van der Waals surface area contributed by atoms with Gasteiger partial charge in [-0.25, -0.2) is 9.50 Å². The number of ether oxygens (including phenoxy) is 1. The number of carbonyl (C=O) groups excluding carboxylic acids is 1. The van der Waals surface area contributed by atoms with Crippen LogP contribution >= 0.6 is 0 Å². The highest BCUT2D eigenvalue weighted by molar-refractivity contribution is 5.79. The number of aromatic nitrogens is 4. The first kappa shape index (κ1) is 16.9. The first-order valence-corrected chi connectivity index (χ1v) is 8.16. The van der Waals surface area contributed by atoms with Crippen molar-refractivity contribution in [2.75, 3.05) is 13.2 Å². The molecule has 0 spiro atoms. The van der Waals surface area contributed by atoms with Gasteiger partial charge in [0.25, 0.3) is 5.78 Å². The van der Waals surface area contributed by atoms with Gasteiger partial charge in [0.15, 0.2) is 0 Å². The van der Waals surface area contributed by atoms with Gasteiger partial charge in [-0.15, -0.1) is 0 Å². The maximum Gasteiger partial charge on any atom is 0.252 e. The van der Waals surface area contributed by atoms with E-state index < -0.39 is 0 Å². The number of fused-ring (bicyclic) bond motifs is 1. The molecule has 7 nitrogen and oxygen atoms in total. The number of carbonyl (C=O) groups is 1. The number of nitrogens with one attached hydrogen (secondary N) is 1. The number of nitrogens with zero attached hydrogens (tertiary/aromatic N) is 4. The molecule has 0 aliphatic rings. The molecule has 0 saturated heterocycles. The lowest BCUT2D eigenvalue weighted by Crippen LogP contribution is -2.30. The molecular formula is C18H21N5O2. The van der Waals surface area contributed by atoms with Crippen molar-refractivity contribution in [2.24, 2.45) is 0 Å². The summed E-state index contributed by atoms with van der Waals surface area (Å²) >= 11 is 0. The fourth-order valence-electron chi connectivity index (χ4n) is 2.70. The molecule has 3 rings (SSSR count). The second-order valence-electron chi connectivity index (χ2n) is 5.92. The first-order chi connectivity index (χ1) is 12.0. The Morgan fingerprint density at radius 3 is 2.92 bits per heavy atom. The average Bonchev–Trinajstić information content (AvgIpc) is 3.04. The molecule has 2 aromatic heterocycles. The van der Waals surface area contributed by atoms with E-state index >= 15 is 0 Å². The minimum atomic E-state index is -0.0692. The van der Waals surface area contributed by atoms with E-state index in [-0.39, 0.29) is 12.3 Å². The molecule has 1 aromatic carbocycles. The Morgan fingerprint density at radius 2 is 2.12 bits per heavy atom. The molecule has 1 amide bonds. The lowest BCUT2D eigenvalue weighted by Gasteiger charge is -2.11. The number of rotatable bonds is 6. The van der Waals surface area contributed by atoms with Crippen molar-refractivity contribution in [2.45, 2.75) is 27.2 Å². The van der Waals surface area contributed by atoms with Crippen molar-refractivity contribution in [3.05, 3.63) is 53.1 Å². The summed E-state index contributed by atoms with van der Waals surface area (Å²) in [5.41, 5.74) is 3.69. The average molecular weight is 339 g/mol. The van der Waals surface area contributed by atoms with Crippen molar-refractivity contribution >= 4 is 11.7 Å². The van der Waals surface area contributed by atoms with Crippen LogP contribution in [-0.2, 0) is 11.2 Å². The van der Waals surface area contributed by atoms with Gasteiger partial charge in [-0.2, -0.15) is 10.1 Å². The Balaban J connectivity index is 1.54. The fraction of sp³-hybridized carbons (Fsp3) is 0.333. The minimum Gasteiger partial charge on any atom is -0.492 e. The van der Waals surface area contributed by atoms with Crippen LogP contribution in [0.1, 0.15) is 22.5 Å². The highest BCUT2D eigenvalue weighted by Gasteiger charge is 2.14. The van der Waals surface area contributed by atoms with Gasteiger partial charge in [0.1, 0.15) is 18.7 Å². The van der Waals surface area contributed by atoms with Gasteiger partial charge in [-0.3, -0.25) is 4.79 Å². The van der Waals surface area contributed by atoms with Crippen LogP contribution < -0.4 is 10.1 Å². The fourth-order valence-corrected chi connectivity index (χ4v) is 2.70. The van der Waals surface area contributed by atoms with Gasteiger partial charge in [0, 0.05) is 17.0 Å². The maximum absolute atomic E-state index is 12.2. The van der Waals surface area contributed by atoms with E-state index in [0.717, 1.165) is 28.3 Å². The summed E-state index contributed by atoms with van der Waals surface area (Å²) in [6.07, 6.45) is 1.71. The van der Waals surface area contributed by atoms with Crippen LogP contribution in [0.15, 0.2) is 30.6 Å². The van der Waals surface area contributed by atoms with E-state index in [1.807, 2.05) is 45.0 Å². The number of hydrogen-bond donors (Lipinski definition) is 1. The van der Waals surface area contributed by atoms with Crippen LogP contribution in [0.4, 0.5) is 0 Å². The highest BCUT2D eigenvalue weighted by Crippen LogP contribution is 2.14. The molecule has 25 heavy (non-hydrogen) atoms. The zero-order valence-electron chi connectivity index (χ0n) is 14.6. The summed E-state index contributed by atoms with van der Waals surface area (Å²) in [6.45, 7) is 6.68. The van der Waals surface area contributed by atoms with Crippen molar-refractivity contribution in [1.29, 1.82) is 0 Å². The third-order valence-corrected chi connectivity index (χ3v) is 4.01. The number of amides is 1. The van der Waals surface area contributed by atoms with E-state index in [2.05, 4.69) is 20.4 Å². The summed E-state index contributed by atoms with van der Waals surface area (Å²) in [7, 11) is 0. The molecule has 0 unspecified atom stereocenters. The smallest absolute Gasteiger partial charge is 0.252 e. The quantitative estimate of drug-likeness (QED) is 0.693. The Labute approximate surface area is 146 Å². The van der Waals surface area contributed by atoms with Crippen LogP contribution in [0.2, 0.25) is 0 Å². The normalized spacial score (nSPS) is 10.8. The van der Waals surface area contributed by atoms with E-state index in [1.165, 1.54) is 6.33 Å². The van der Waals surface area contributed by atoms with Gasteiger partial charge in [0.2, 0.25) is 5.91 Å². The summed E-state index contributed by atoms with van der Waals surface area (Å²) in [5, 5.41) is 7.01. The van der Waals surface area contributed by atoms with Gasteiger partial charge >= 0.3 is 0 Å². The van der Waals surface area contributed by atoms with Crippen molar-refractivity contribution in [3.8, 4) is 5.75 Å². The largest absolute Gasteiger partial charge is 0.492 e. The van der Waals surface area contributed by atoms with E-state index in [1.54, 1.807) is 4.52 Å². The topological polar surface area (TPSA) is 81.4 Å². The molecule has 0 saturated carbocycles. The summed E-state index contributed by atoms with van der Waals surface area (Å²) in [6, 6.07) is 7.83. The second kappa shape index (κ2) is 7.29. The van der Waals surface area contributed by atoms with E-state index in [0.29, 0.717) is 18.9 Å². The van der Waals surface area contributed by atoms with Crippen molar-refractivity contribution < 1.29 is 9.53 Å². The Bertz CT molecular complexity index is 904. The van der Waals surface area contributed by atoms with Crippen LogP contribution in [0.3, 0.4) is 0 Å². The second-order valence-corrected chi connectivity index (χ2v) is 5.92. The molecule has 2 heterocycles. The lowest BCUT2D eigenvalue weighted by atomic mass is 10.1. The molecule has 0 radical (unpaired) electrons. The number of benzene rings is 1. The lowest BCUT2D eigenvalue weighted by molar-refractivity contribution is -0.120. The Hall–Kier alpha value is -2.96. The third kappa shape index (κ3) is 3.93.